The molecule has 0 radical (unpaired) electrons. The maximum absolute atomic E-state index is 13.1. The fourth-order valence-corrected chi connectivity index (χ4v) is 4.18. The van der Waals surface area contributed by atoms with E-state index in [4.69, 9.17) is 0 Å². The Labute approximate surface area is 164 Å². The van der Waals surface area contributed by atoms with Gasteiger partial charge in [0.15, 0.2) is 0 Å². The molecule has 1 amide bonds. The van der Waals surface area contributed by atoms with Crippen LogP contribution in [0.5, 0.6) is 0 Å². The molecule has 0 unspecified atom stereocenters. The van der Waals surface area contributed by atoms with Crippen molar-refractivity contribution >= 4 is 33.5 Å². The van der Waals surface area contributed by atoms with Crippen molar-refractivity contribution in [2.75, 3.05) is 5.32 Å². The normalized spacial score (nSPS) is 14.1. The third kappa shape index (κ3) is 2.71. The lowest BCUT2D eigenvalue weighted by atomic mass is 10.1. The number of carbonyl (C=O) groups is 1. The Morgan fingerprint density at radius 3 is 2.64 bits per heavy atom. The summed E-state index contributed by atoms with van der Waals surface area (Å²) >= 11 is 0. The fourth-order valence-electron chi connectivity index (χ4n) is 4.18. The molecule has 0 atom stereocenters. The Kier molecular flexibility index (Phi) is 3.83. The Bertz CT molecular complexity index is 1220. The van der Waals surface area contributed by atoms with Crippen LogP contribution in [-0.4, -0.2) is 15.0 Å². The number of carbonyl (C=O) groups excluding carboxylic acids is 1. The summed E-state index contributed by atoms with van der Waals surface area (Å²) in [6.45, 7) is 5.10. The first-order valence-electron chi connectivity index (χ1n) is 9.98. The number of anilines is 1. The van der Waals surface area contributed by atoms with E-state index >= 15 is 0 Å². The second-order valence-electron chi connectivity index (χ2n) is 8.17. The van der Waals surface area contributed by atoms with Crippen LogP contribution in [0.25, 0.3) is 21.9 Å². The highest BCUT2D eigenvalue weighted by molar-refractivity contribution is 6.12. The first-order chi connectivity index (χ1) is 13.5. The van der Waals surface area contributed by atoms with Crippen molar-refractivity contribution < 1.29 is 4.79 Å². The predicted molar refractivity (Wildman–Crippen MR) is 115 cm³/mol. The van der Waals surface area contributed by atoms with Crippen molar-refractivity contribution in [1.29, 1.82) is 0 Å². The lowest BCUT2D eigenvalue weighted by Crippen LogP contribution is -2.16. The number of hydrogen-bond donors (Lipinski definition) is 1. The molecule has 142 valence electrons. The average molecular weight is 371 g/mol. The fraction of sp³-hybridized carbons (Fsp3) is 0.292. The van der Waals surface area contributed by atoms with Gasteiger partial charge in [0.2, 0.25) is 0 Å². The molecule has 1 fully saturated rings. The van der Waals surface area contributed by atoms with Gasteiger partial charge in [0.05, 0.1) is 16.6 Å². The molecular weight excluding hydrogens is 346 g/mol. The summed E-state index contributed by atoms with van der Waals surface area (Å²) in [7, 11) is 1.99. The van der Waals surface area contributed by atoms with Crippen LogP contribution in [0.3, 0.4) is 0 Å². The van der Waals surface area contributed by atoms with Crippen LogP contribution in [-0.2, 0) is 13.6 Å². The average Bonchev–Trinajstić information content (AvgIpc) is 3.36. The van der Waals surface area contributed by atoms with E-state index in [1.54, 1.807) is 0 Å². The molecule has 0 bridgehead atoms. The van der Waals surface area contributed by atoms with Gasteiger partial charge in [0.25, 0.3) is 5.91 Å². The molecule has 1 aliphatic carbocycles. The van der Waals surface area contributed by atoms with Gasteiger partial charge in [-0.15, -0.1) is 0 Å². The van der Waals surface area contributed by atoms with Crippen LogP contribution >= 0.6 is 0 Å². The molecule has 1 N–H and O–H groups in total. The van der Waals surface area contributed by atoms with Crippen molar-refractivity contribution in [2.24, 2.45) is 13.0 Å². The number of amides is 1. The minimum atomic E-state index is -0.0607. The maximum atomic E-state index is 13.1. The SMILES string of the molecule is Cc1ccc(C)c(NC(=O)c2cc3c(c4ccccc4n3CC3CC3)n2C)c1. The number of aryl methyl sites for hydroxylation is 3. The van der Waals surface area contributed by atoms with Crippen LogP contribution < -0.4 is 5.32 Å². The molecule has 1 saturated carbocycles. The van der Waals surface area contributed by atoms with Crippen molar-refractivity contribution in [3.63, 3.8) is 0 Å². The van der Waals surface area contributed by atoms with E-state index in [-0.39, 0.29) is 5.91 Å². The Morgan fingerprint density at radius 2 is 1.86 bits per heavy atom. The summed E-state index contributed by atoms with van der Waals surface area (Å²) in [6, 6.07) is 16.7. The van der Waals surface area contributed by atoms with Gasteiger partial charge >= 0.3 is 0 Å². The maximum Gasteiger partial charge on any atom is 0.272 e. The highest BCUT2D eigenvalue weighted by Gasteiger charge is 2.26. The van der Waals surface area contributed by atoms with Crippen LogP contribution in [0.2, 0.25) is 0 Å². The number of benzene rings is 2. The molecule has 0 saturated heterocycles. The third-order valence-corrected chi connectivity index (χ3v) is 5.97. The summed E-state index contributed by atoms with van der Waals surface area (Å²) in [5.41, 5.74) is 7.34. The van der Waals surface area contributed by atoms with Crippen LogP contribution in [0, 0.1) is 19.8 Å². The molecule has 2 heterocycles. The zero-order chi connectivity index (χ0) is 19.4. The highest BCUT2D eigenvalue weighted by Crippen LogP contribution is 2.37. The second-order valence-corrected chi connectivity index (χ2v) is 8.17. The van der Waals surface area contributed by atoms with Gasteiger partial charge in [0.1, 0.15) is 5.69 Å². The first-order valence-corrected chi connectivity index (χ1v) is 9.98. The zero-order valence-electron chi connectivity index (χ0n) is 16.6. The van der Waals surface area contributed by atoms with Gasteiger partial charge in [-0.25, -0.2) is 0 Å². The third-order valence-electron chi connectivity index (χ3n) is 5.97. The van der Waals surface area contributed by atoms with E-state index in [9.17, 15) is 4.79 Å². The Hall–Kier alpha value is -3.01. The molecule has 4 heteroatoms. The summed E-state index contributed by atoms with van der Waals surface area (Å²) in [5.74, 6) is 0.709. The van der Waals surface area contributed by atoms with Gasteiger partial charge in [0, 0.05) is 24.7 Å². The molecule has 4 aromatic rings. The molecule has 4 nitrogen and oxygen atoms in total. The predicted octanol–water partition coefficient (Wildman–Crippen LogP) is 5.41. The lowest BCUT2D eigenvalue weighted by Gasteiger charge is -2.10. The summed E-state index contributed by atoms with van der Waals surface area (Å²) in [5, 5.41) is 4.32. The molecule has 2 aromatic carbocycles. The molecule has 2 aromatic heterocycles. The lowest BCUT2D eigenvalue weighted by molar-refractivity contribution is 0.101. The number of hydrogen-bond acceptors (Lipinski definition) is 1. The number of nitrogens with zero attached hydrogens (tertiary/aromatic N) is 2. The first kappa shape index (κ1) is 17.1. The van der Waals surface area contributed by atoms with E-state index in [0.717, 1.165) is 40.3 Å². The Balaban J connectivity index is 1.61. The van der Waals surface area contributed by atoms with Crippen molar-refractivity contribution in [2.45, 2.75) is 33.2 Å². The van der Waals surface area contributed by atoms with E-state index in [0.29, 0.717) is 5.69 Å². The summed E-state index contributed by atoms with van der Waals surface area (Å²) < 4.78 is 4.44. The van der Waals surface area contributed by atoms with Crippen molar-refractivity contribution in [1.82, 2.24) is 9.13 Å². The van der Waals surface area contributed by atoms with Crippen molar-refractivity contribution in [3.05, 3.63) is 65.4 Å². The number of para-hydroxylation sites is 1. The van der Waals surface area contributed by atoms with Gasteiger partial charge < -0.3 is 14.5 Å². The van der Waals surface area contributed by atoms with E-state index < -0.39 is 0 Å². The van der Waals surface area contributed by atoms with Gasteiger partial charge in [-0.1, -0.05) is 30.3 Å². The largest absolute Gasteiger partial charge is 0.339 e. The standard InChI is InChI=1S/C24H25N3O/c1-15-8-9-16(2)19(12-15)25-24(28)22-13-21-23(26(22)3)18-6-4-5-7-20(18)27(21)14-17-10-11-17/h4-9,12-13,17H,10-11,14H2,1-3H3,(H,25,28). The molecule has 1 aliphatic rings. The van der Waals surface area contributed by atoms with Gasteiger partial charge in [-0.05, 0) is 61.9 Å². The van der Waals surface area contributed by atoms with Gasteiger partial charge in [-0.2, -0.15) is 0 Å². The minimum Gasteiger partial charge on any atom is -0.339 e. The second kappa shape index (κ2) is 6.26. The Morgan fingerprint density at radius 1 is 1.07 bits per heavy atom. The number of rotatable bonds is 4. The number of aromatic nitrogens is 2. The van der Waals surface area contributed by atoms with Gasteiger partial charge in [-0.3, -0.25) is 4.79 Å². The molecule has 5 rings (SSSR count). The topological polar surface area (TPSA) is 39.0 Å². The smallest absolute Gasteiger partial charge is 0.272 e. The monoisotopic (exact) mass is 371 g/mol. The van der Waals surface area contributed by atoms with E-state index in [1.165, 1.54) is 23.7 Å². The van der Waals surface area contributed by atoms with Crippen molar-refractivity contribution in [3.8, 4) is 0 Å². The molecule has 0 aliphatic heterocycles. The molecule has 0 spiro atoms. The minimum absolute atomic E-state index is 0.0607. The number of fused-ring (bicyclic) bond motifs is 3. The number of nitrogens with one attached hydrogen (secondary N) is 1. The molecule has 28 heavy (non-hydrogen) atoms. The van der Waals surface area contributed by atoms with E-state index in [1.807, 2.05) is 37.6 Å². The summed E-state index contributed by atoms with van der Waals surface area (Å²) in [4.78, 5) is 13.1. The van der Waals surface area contributed by atoms with Crippen LogP contribution in [0.4, 0.5) is 5.69 Å². The van der Waals surface area contributed by atoms with Crippen LogP contribution in [0.15, 0.2) is 48.5 Å². The summed E-state index contributed by atoms with van der Waals surface area (Å²) in [6.07, 6.45) is 2.61. The quantitative estimate of drug-likeness (QED) is 0.512. The zero-order valence-corrected chi connectivity index (χ0v) is 16.6. The molecular formula is C24H25N3O. The highest BCUT2D eigenvalue weighted by atomic mass is 16.1. The van der Waals surface area contributed by atoms with E-state index in [2.05, 4.69) is 46.3 Å². The van der Waals surface area contributed by atoms with Crippen LogP contribution in [0.1, 0.15) is 34.5 Å².